The van der Waals surface area contributed by atoms with Crippen molar-refractivity contribution in [1.82, 2.24) is 4.90 Å². The quantitative estimate of drug-likeness (QED) is 0.736. The van der Waals surface area contributed by atoms with E-state index in [0.717, 1.165) is 5.56 Å². The molecular weight excluding hydrogens is 216 g/mol. The molecule has 0 fully saturated rings. The number of benzene rings is 1. The van der Waals surface area contributed by atoms with Crippen LogP contribution in [0.2, 0.25) is 0 Å². The number of nitrogens with zero attached hydrogens (tertiary/aromatic N) is 2. The second-order valence-electron chi connectivity index (χ2n) is 3.95. The molecule has 4 heteroatoms. The van der Waals surface area contributed by atoms with Gasteiger partial charge >= 0.3 is 5.97 Å². The standard InChI is InChI=1S/C13H16N2O2/c1-15(2)12(13(16)17-3)11(9-14)10-7-5-4-6-8-10/h4-8,11-12H,1-3H3. The Balaban J connectivity index is 3.08. The Labute approximate surface area is 101 Å². The predicted octanol–water partition coefficient (Wildman–Crippen LogP) is 1.40. The Kier molecular flexibility index (Phi) is 4.68. The third-order valence-corrected chi connectivity index (χ3v) is 2.61. The summed E-state index contributed by atoms with van der Waals surface area (Å²) in [7, 11) is 4.85. The number of likely N-dealkylation sites (N-methyl/N-ethyl adjacent to an activating group) is 1. The molecule has 1 aromatic rings. The zero-order chi connectivity index (χ0) is 12.8. The maximum absolute atomic E-state index is 11.7. The Morgan fingerprint density at radius 2 is 1.94 bits per heavy atom. The smallest absolute Gasteiger partial charge is 0.324 e. The molecule has 17 heavy (non-hydrogen) atoms. The van der Waals surface area contributed by atoms with Crippen molar-refractivity contribution in [2.24, 2.45) is 0 Å². The molecule has 0 aliphatic carbocycles. The van der Waals surface area contributed by atoms with E-state index in [4.69, 9.17) is 4.74 Å². The minimum atomic E-state index is -0.590. The SMILES string of the molecule is COC(=O)C(C(C#N)c1ccccc1)N(C)C. The maximum Gasteiger partial charge on any atom is 0.324 e. The number of carbonyl (C=O) groups excluding carboxylic acids is 1. The molecule has 0 bridgehead atoms. The lowest BCUT2D eigenvalue weighted by molar-refractivity contribution is -0.146. The van der Waals surface area contributed by atoms with Crippen LogP contribution >= 0.6 is 0 Å². The highest BCUT2D eigenvalue weighted by Crippen LogP contribution is 2.22. The highest BCUT2D eigenvalue weighted by atomic mass is 16.5. The van der Waals surface area contributed by atoms with Gasteiger partial charge < -0.3 is 4.74 Å². The summed E-state index contributed by atoms with van der Waals surface area (Å²) in [6.07, 6.45) is 0. The lowest BCUT2D eigenvalue weighted by atomic mass is 9.92. The highest BCUT2D eigenvalue weighted by molar-refractivity contribution is 5.77. The Morgan fingerprint density at radius 3 is 2.35 bits per heavy atom. The van der Waals surface area contributed by atoms with Crippen molar-refractivity contribution in [3.63, 3.8) is 0 Å². The number of hydrogen-bond donors (Lipinski definition) is 0. The molecule has 0 aliphatic rings. The largest absolute Gasteiger partial charge is 0.468 e. The highest BCUT2D eigenvalue weighted by Gasteiger charge is 2.32. The number of ether oxygens (including phenoxy) is 1. The summed E-state index contributed by atoms with van der Waals surface area (Å²) >= 11 is 0. The normalized spacial score (nSPS) is 13.8. The lowest BCUT2D eigenvalue weighted by Gasteiger charge is -2.25. The van der Waals surface area contributed by atoms with E-state index in [1.807, 2.05) is 30.3 Å². The summed E-state index contributed by atoms with van der Waals surface area (Å²) < 4.78 is 4.75. The van der Waals surface area contributed by atoms with Gasteiger partial charge in [-0.3, -0.25) is 9.69 Å². The van der Waals surface area contributed by atoms with Gasteiger partial charge in [0, 0.05) is 0 Å². The van der Waals surface area contributed by atoms with Crippen LogP contribution in [-0.4, -0.2) is 38.1 Å². The van der Waals surface area contributed by atoms with Gasteiger partial charge in [0.1, 0.15) is 6.04 Å². The molecule has 0 saturated heterocycles. The summed E-state index contributed by atoms with van der Waals surface area (Å²) in [5.74, 6) is -0.927. The Hall–Kier alpha value is -1.86. The monoisotopic (exact) mass is 232 g/mol. The zero-order valence-electron chi connectivity index (χ0n) is 10.3. The van der Waals surface area contributed by atoms with E-state index in [1.54, 1.807) is 19.0 Å². The number of methoxy groups -OCH3 is 1. The van der Waals surface area contributed by atoms with Gasteiger partial charge in [-0.1, -0.05) is 30.3 Å². The van der Waals surface area contributed by atoms with Crippen molar-refractivity contribution in [3.8, 4) is 6.07 Å². The van der Waals surface area contributed by atoms with Crippen molar-refractivity contribution in [2.75, 3.05) is 21.2 Å². The molecule has 0 radical (unpaired) electrons. The topological polar surface area (TPSA) is 53.3 Å². The van der Waals surface area contributed by atoms with Crippen molar-refractivity contribution in [2.45, 2.75) is 12.0 Å². The predicted molar refractivity (Wildman–Crippen MR) is 64.3 cm³/mol. The zero-order valence-corrected chi connectivity index (χ0v) is 10.3. The molecule has 1 aromatic carbocycles. The minimum absolute atomic E-state index is 0.398. The molecule has 90 valence electrons. The van der Waals surface area contributed by atoms with Crippen molar-refractivity contribution >= 4 is 5.97 Å². The van der Waals surface area contributed by atoms with Gasteiger partial charge in [0.2, 0.25) is 0 Å². The van der Waals surface area contributed by atoms with Gasteiger partial charge in [0.25, 0.3) is 0 Å². The van der Waals surface area contributed by atoms with Gasteiger partial charge in [-0.05, 0) is 19.7 Å². The first-order chi connectivity index (χ1) is 8.11. The van der Waals surface area contributed by atoms with Crippen LogP contribution in [0, 0.1) is 11.3 Å². The fourth-order valence-electron chi connectivity index (χ4n) is 1.75. The minimum Gasteiger partial charge on any atom is -0.468 e. The average molecular weight is 232 g/mol. The molecule has 0 aromatic heterocycles. The summed E-state index contributed by atoms with van der Waals surface area (Å²) in [5.41, 5.74) is 0.819. The van der Waals surface area contributed by atoms with Crippen LogP contribution in [0.15, 0.2) is 30.3 Å². The van der Waals surface area contributed by atoms with Gasteiger partial charge in [-0.2, -0.15) is 5.26 Å². The molecule has 0 N–H and O–H groups in total. The third-order valence-electron chi connectivity index (χ3n) is 2.61. The van der Waals surface area contributed by atoms with E-state index in [1.165, 1.54) is 7.11 Å². The molecule has 2 atom stereocenters. The lowest BCUT2D eigenvalue weighted by Crippen LogP contribution is -2.41. The third kappa shape index (κ3) is 3.05. The first kappa shape index (κ1) is 13.2. The van der Waals surface area contributed by atoms with Crippen molar-refractivity contribution < 1.29 is 9.53 Å². The van der Waals surface area contributed by atoms with Crippen LogP contribution in [-0.2, 0) is 9.53 Å². The molecule has 4 nitrogen and oxygen atoms in total. The summed E-state index contributed by atoms with van der Waals surface area (Å²) in [5, 5.41) is 9.26. The summed E-state index contributed by atoms with van der Waals surface area (Å²) in [4.78, 5) is 13.4. The summed E-state index contributed by atoms with van der Waals surface area (Å²) in [6, 6.07) is 10.8. The van der Waals surface area contributed by atoms with Gasteiger partial charge in [-0.25, -0.2) is 0 Å². The van der Waals surface area contributed by atoms with Crippen molar-refractivity contribution in [1.29, 1.82) is 5.26 Å². The molecule has 1 rings (SSSR count). The van der Waals surface area contributed by atoms with E-state index in [9.17, 15) is 10.1 Å². The van der Waals surface area contributed by atoms with Gasteiger partial charge in [0.15, 0.2) is 0 Å². The van der Waals surface area contributed by atoms with Gasteiger partial charge in [0.05, 0.1) is 19.1 Å². The van der Waals surface area contributed by atoms with Crippen LogP contribution in [0.3, 0.4) is 0 Å². The van der Waals surface area contributed by atoms with E-state index in [-0.39, 0.29) is 0 Å². The molecule has 0 aliphatic heterocycles. The average Bonchev–Trinajstić information content (AvgIpc) is 2.35. The Morgan fingerprint density at radius 1 is 1.35 bits per heavy atom. The maximum atomic E-state index is 11.7. The summed E-state index contributed by atoms with van der Waals surface area (Å²) in [6.45, 7) is 0. The van der Waals surface area contributed by atoms with Crippen molar-refractivity contribution in [3.05, 3.63) is 35.9 Å². The van der Waals surface area contributed by atoms with Gasteiger partial charge in [-0.15, -0.1) is 0 Å². The molecule has 0 heterocycles. The molecule has 0 amide bonds. The first-order valence-corrected chi connectivity index (χ1v) is 5.30. The second kappa shape index (κ2) is 6.02. The van der Waals surface area contributed by atoms with E-state index in [2.05, 4.69) is 6.07 Å². The van der Waals surface area contributed by atoms with Crippen LogP contribution in [0.4, 0.5) is 0 Å². The number of esters is 1. The van der Waals surface area contributed by atoms with Crippen LogP contribution in [0.5, 0.6) is 0 Å². The molecular formula is C13H16N2O2. The fourth-order valence-corrected chi connectivity index (χ4v) is 1.75. The van der Waals surface area contributed by atoms with E-state index >= 15 is 0 Å². The number of carbonyl (C=O) groups is 1. The van der Waals surface area contributed by atoms with E-state index < -0.39 is 17.9 Å². The van der Waals surface area contributed by atoms with Crippen LogP contribution < -0.4 is 0 Å². The van der Waals surface area contributed by atoms with Crippen LogP contribution in [0.25, 0.3) is 0 Å². The van der Waals surface area contributed by atoms with Crippen LogP contribution in [0.1, 0.15) is 11.5 Å². The number of rotatable bonds is 4. The Bertz CT molecular complexity index is 409. The molecule has 0 saturated carbocycles. The number of nitriles is 1. The second-order valence-corrected chi connectivity index (χ2v) is 3.95. The number of hydrogen-bond acceptors (Lipinski definition) is 4. The molecule has 2 unspecified atom stereocenters. The van der Waals surface area contributed by atoms with E-state index in [0.29, 0.717) is 0 Å². The first-order valence-electron chi connectivity index (χ1n) is 5.30. The fraction of sp³-hybridized carbons (Fsp3) is 0.385. The molecule has 0 spiro atoms.